The Bertz CT molecular complexity index is 660. The van der Waals surface area contributed by atoms with E-state index in [-0.39, 0.29) is 18.0 Å². The summed E-state index contributed by atoms with van der Waals surface area (Å²) in [6, 6.07) is 6.42. The van der Waals surface area contributed by atoms with Crippen molar-refractivity contribution in [2.75, 3.05) is 13.2 Å². The van der Waals surface area contributed by atoms with Crippen molar-refractivity contribution in [1.29, 1.82) is 0 Å². The predicted molar refractivity (Wildman–Crippen MR) is 72.7 cm³/mol. The molecule has 0 spiro atoms. The molecule has 21 heavy (non-hydrogen) atoms. The van der Waals surface area contributed by atoms with Crippen LogP contribution < -0.4 is 14.2 Å². The Morgan fingerprint density at radius 3 is 2.71 bits per heavy atom. The second kappa shape index (κ2) is 5.66. The lowest BCUT2D eigenvalue weighted by Crippen LogP contribution is -2.15. The van der Waals surface area contributed by atoms with Crippen LogP contribution in [0.15, 0.2) is 36.7 Å². The summed E-state index contributed by atoms with van der Waals surface area (Å²) in [5, 5.41) is 11.1. The Morgan fingerprint density at radius 1 is 1.29 bits per heavy atom. The number of rotatable bonds is 4. The van der Waals surface area contributed by atoms with Gasteiger partial charge in [0.1, 0.15) is 19.8 Å². The number of aromatic nitrogens is 1. The molecular formula is C14H12N2O5. The number of nitro groups is 1. The van der Waals surface area contributed by atoms with E-state index in [4.69, 9.17) is 14.2 Å². The van der Waals surface area contributed by atoms with E-state index in [2.05, 4.69) is 4.98 Å². The summed E-state index contributed by atoms with van der Waals surface area (Å²) < 4.78 is 16.3. The lowest BCUT2D eigenvalue weighted by Gasteiger charge is -2.19. The number of benzene rings is 1. The molecule has 108 valence electrons. The first-order valence-electron chi connectivity index (χ1n) is 6.34. The van der Waals surface area contributed by atoms with Gasteiger partial charge in [-0.15, -0.1) is 0 Å². The van der Waals surface area contributed by atoms with Gasteiger partial charge in [-0.25, -0.2) is 0 Å². The van der Waals surface area contributed by atoms with Gasteiger partial charge in [-0.05, 0) is 6.07 Å². The molecule has 0 aliphatic carbocycles. The highest BCUT2D eigenvalue weighted by Crippen LogP contribution is 2.40. The fraction of sp³-hybridized carbons (Fsp3) is 0.214. The summed E-state index contributed by atoms with van der Waals surface area (Å²) in [7, 11) is 0. The fourth-order valence-electron chi connectivity index (χ4n) is 1.96. The van der Waals surface area contributed by atoms with Crippen molar-refractivity contribution in [3.05, 3.63) is 52.3 Å². The minimum Gasteiger partial charge on any atom is -0.486 e. The molecule has 1 aromatic carbocycles. The van der Waals surface area contributed by atoms with E-state index in [1.807, 2.05) is 6.07 Å². The summed E-state index contributed by atoms with van der Waals surface area (Å²) in [6.45, 7) is 0.973. The lowest BCUT2D eigenvalue weighted by molar-refractivity contribution is -0.386. The molecule has 0 saturated heterocycles. The molecule has 0 unspecified atom stereocenters. The lowest BCUT2D eigenvalue weighted by atomic mass is 10.2. The van der Waals surface area contributed by atoms with Crippen molar-refractivity contribution in [1.82, 2.24) is 4.98 Å². The predicted octanol–water partition coefficient (Wildman–Crippen LogP) is 2.34. The fourth-order valence-corrected chi connectivity index (χ4v) is 1.96. The van der Waals surface area contributed by atoms with Crippen LogP contribution in [0.3, 0.4) is 0 Å². The molecule has 1 aromatic heterocycles. The third kappa shape index (κ3) is 2.86. The third-order valence-corrected chi connectivity index (χ3v) is 2.94. The molecule has 1 aliphatic rings. The monoisotopic (exact) mass is 288 g/mol. The zero-order chi connectivity index (χ0) is 14.7. The van der Waals surface area contributed by atoms with Gasteiger partial charge in [0.15, 0.2) is 11.5 Å². The van der Waals surface area contributed by atoms with Gasteiger partial charge in [0, 0.05) is 24.0 Å². The van der Waals surface area contributed by atoms with Gasteiger partial charge in [-0.2, -0.15) is 0 Å². The van der Waals surface area contributed by atoms with Crippen molar-refractivity contribution >= 4 is 5.69 Å². The summed E-state index contributed by atoms with van der Waals surface area (Å²) in [4.78, 5) is 14.6. The molecular weight excluding hydrogens is 276 g/mol. The van der Waals surface area contributed by atoms with Crippen LogP contribution >= 0.6 is 0 Å². The summed E-state index contributed by atoms with van der Waals surface area (Å²) >= 11 is 0. The van der Waals surface area contributed by atoms with Gasteiger partial charge in [-0.3, -0.25) is 15.1 Å². The van der Waals surface area contributed by atoms with E-state index in [0.717, 1.165) is 5.56 Å². The number of nitrogens with zero attached hydrogens (tertiary/aromatic N) is 2. The molecule has 0 saturated carbocycles. The van der Waals surface area contributed by atoms with Gasteiger partial charge in [0.2, 0.25) is 5.75 Å². The second-order valence-electron chi connectivity index (χ2n) is 4.37. The highest BCUT2D eigenvalue weighted by molar-refractivity contribution is 5.58. The first-order valence-corrected chi connectivity index (χ1v) is 6.34. The number of hydrogen-bond acceptors (Lipinski definition) is 6. The maximum atomic E-state index is 11.1. The van der Waals surface area contributed by atoms with E-state index in [1.165, 1.54) is 12.1 Å². The molecule has 0 amide bonds. The quantitative estimate of drug-likeness (QED) is 0.634. The van der Waals surface area contributed by atoms with E-state index in [9.17, 15) is 10.1 Å². The van der Waals surface area contributed by atoms with Crippen LogP contribution in [-0.2, 0) is 6.61 Å². The SMILES string of the molecule is O=[N+]([O-])c1cc2c(cc1OCc1cccnc1)OCCO2. The molecule has 0 N–H and O–H groups in total. The van der Waals surface area contributed by atoms with E-state index in [1.54, 1.807) is 18.5 Å². The van der Waals surface area contributed by atoms with Crippen molar-refractivity contribution in [2.24, 2.45) is 0 Å². The summed E-state index contributed by atoms with van der Waals surface area (Å²) in [6.07, 6.45) is 3.29. The average molecular weight is 288 g/mol. The average Bonchev–Trinajstić information content (AvgIpc) is 2.53. The van der Waals surface area contributed by atoms with Crippen LogP contribution in [0.1, 0.15) is 5.56 Å². The molecule has 0 atom stereocenters. The summed E-state index contributed by atoms with van der Waals surface area (Å²) in [5.41, 5.74) is 0.671. The molecule has 0 fully saturated rings. The maximum absolute atomic E-state index is 11.1. The van der Waals surface area contributed by atoms with Gasteiger partial charge in [0.25, 0.3) is 0 Å². The van der Waals surface area contributed by atoms with Gasteiger partial charge in [-0.1, -0.05) is 6.07 Å². The molecule has 7 heteroatoms. The molecule has 1 aliphatic heterocycles. The Hall–Kier alpha value is -2.83. The Balaban J connectivity index is 1.87. The van der Waals surface area contributed by atoms with Gasteiger partial charge in [0.05, 0.1) is 11.0 Å². The highest BCUT2D eigenvalue weighted by atomic mass is 16.6. The van der Waals surface area contributed by atoms with Crippen molar-refractivity contribution in [3.8, 4) is 17.2 Å². The van der Waals surface area contributed by atoms with E-state index in [0.29, 0.717) is 24.7 Å². The Labute approximate surface area is 120 Å². The first kappa shape index (κ1) is 13.2. The normalized spacial score (nSPS) is 12.8. The maximum Gasteiger partial charge on any atom is 0.314 e. The number of pyridine rings is 1. The summed E-state index contributed by atoms with van der Waals surface area (Å²) in [5.74, 6) is 0.961. The Morgan fingerprint density at radius 2 is 2.05 bits per heavy atom. The minimum atomic E-state index is -0.503. The zero-order valence-corrected chi connectivity index (χ0v) is 11.0. The number of fused-ring (bicyclic) bond motifs is 1. The second-order valence-corrected chi connectivity index (χ2v) is 4.37. The van der Waals surface area contributed by atoms with Gasteiger partial charge < -0.3 is 14.2 Å². The zero-order valence-electron chi connectivity index (χ0n) is 11.0. The third-order valence-electron chi connectivity index (χ3n) is 2.94. The number of nitro benzene ring substituents is 1. The van der Waals surface area contributed by atoms with Crippen LogP contribution in [-0.4, -0.2) is 23.1 Å². The Kier molecular flexibility index (Phi) is 3.55. The van der Waals surface area contributed by atoms with Crippen LogP contribution in [0.5, 0.6) is 17.2 Å². The van der Waals surface area contributed by atoms with Crippen molar-refractivity contribution in [2.45, 2.75) is 6.61 Å². The largest absolute Gasteiger partial charge is 0.486 e. The van der Waals surface area contributed by atoms with Crippen LogP contribution in [0.2, 0.25) is 0 Å². The molecule has 2 aromatic rings. The number of hydrogen-bond donors (Lipinski definition) is 0. The number of ether oxygens (including phenoxy) is 3. The highest BCUT2D eigenvalue weighted by Gasteiger charge is 2.23. The smallest absolute Gasteiger partial charge is 0.314 e. The standard InChI is InChI=1S/C14H12N2O5/c17-16(18)11-6-13-14(20-5-4-19-13)7-12(11)21-9-10-2-1-3-15-8-10/h1-3,6-8H,4-5,9H2. The van der Waals surface area contributed by atoms with Gasteiger partial charge >= 0.3 is 5.69 Å². The molecule has 7 nitrogen and oxygen atoms in total. The first-order chi connectivity index (χ1) is 10.2. The van der Waals surface area contributed by atoms with Crippen LogP contribution in [0.25, 0.3) is 0 Å². The topological polar surface area (TPSA) is 83.7 Å². The molecule has 3 rings (SSSR count). The molecule has 0 radical (unpaired) electrons. The van der Waals surface area contributed by atoms with Crippen LogP contribution in [0, 0.1) is 10.1 Å². The van der Waals surface area contributed by atoms with E-state index >= 15 is 0 Å². The van der Waals surface area contributed by atoms with Crippen molar-refractivity contribution < 1.29 is 19.1 Å². The minimum absolute atomic E-state index is 0.146. The van der Waals surface area contributed by atoms with Crippen molar-refractivity contribution in [3.63, 3.8) is 0 Å². The molecule has 2 heterocycles. The molecule has 0 bridgehead atoms. The van der Waals surface area contributed by atoms with E-state index < -0.39 is 4.92 Å². The van der Waals surface area contributed by atoms with Crippen LogP contribution in [0.4, 0.5) is 5.69 Å².